The van der Waals surface area contributed by atoms with Gasteiger partial charge in [0, 0.05) is 0 Å². The van der Waals surface area contributed by atoms with E-state index in [1.54, 1.807) is 6.07 Å². The van der Waals surface area contributed by atoms with Crippen molar-refractivity contribution >= 4 is 44.9 Å². The van der Waals surface area contributed by atoms with Crippen LogP contribution in [0.4, 0.5) is 5.69 Å². The van der Waals surface area contributed by atoms with Crippen LogP contribution < -0.4 is 4.72 Å². The molecular formula is C13H9Cl2NO4S. The van der Waals surface area contributed by atoms with Crippen LogP contribution in [0.1, 0.15) is 10.4 Å². The molecule has 0 spiro atoms. The maximum absolute atomic E-state index is 12.3. The first kappa shape index (κ1) is 15.6. The number of carboxylic acids is 1. The molecule has 21 heavy (non-hydrogen) atoms. The van der Waals surface area contributed by atoms with Crippen LogP contribution in [-0.4, -0.2) is 19.5 Å². The molecule has 0 atom stereocenters. The second-order valence-corrected chi connectivity index (χ2v) is 6.53. The molecule has 0 radical (unpaired) electrons. The third-order valence-electron chi connectivity index (χ3n) is 2.59. The van der Waals surface area contributed by atoms with E-state index < -0.39 is 16.0 Å². The summed E-state index contributed by atoms with van der Waals surface area (Å²) in [5.41, 5.74) is -0.0929. The summed E-state index contributed by atoms with van der Waals surface area (Å²) in [5, 5.41) is 9.17. The van der Waals surface area contributed by atoms with Gasteiger partial charge >= 0.3 is 5.97 Å². The molecule has 0 bridgehead atoms. The number of halogens is 2. The molecule has 0 heterocycles. The number of hydrogen-bond acceptors (Lipinski definition) is 3. The second-order valence-electron chi connectivity index (χ2n) is 4.04. The lowest BCUT2D eigenvalue weighted by molar-refractivity contribution is 0.0696. The lowest BCUT2D eigenvalue weighted by Gasteiger charge is -2.11. The average molecular weight is 346 g/mol. The summed E-state index contributed by atoms with van der Waals surface area (Å²) in [6.07, 6.45) is 0. The van der Waals surface area contributed by atoms with Crippen molar-refractivity contribution in [2.45, 2.75) is 4.90 Å². The van der Waals surface area contributed by atoms with Crippen LogP contribution in [-0.2, 0) is 10.0 Å². The maximum atomic E-state index is 12.3. The third kappa shape index (κ3) is 3.47. The number of para-hydroxylation sites is 1. The highest BCUT2D eigenvalue weighted by Crippen LogP contribution is 2.31. The van der Waals surface area contributed by atoms with Crippen molar-refractivity contribution in [3.63, 3.8) is 0 Å². The molecule has 5 nitrogen and oxygen atoms in total. The zero-order chi connectivity index (χ0) is 15.6. The monoisotopic (exact) mass is 345 g/mol. The van der Waals surface area contributed by atoms with Crippen LogP contribution in [0, 0.1) is 0 Å². The minimum absolute atomic E-state index is 0.0431. The van der Waals surface area contributed by atoms with Crippen LogP contribution in [0.3, 0.4) is 0 Å². The molecule has 2 N–H and O–H groups in total. The Morgan fingerprint density at radius 2 is 1.62 bits per heavy atom. The standard InChI is InChI=1S/C13H9Cl2NO4S/c14-10-5-2-6-11(15)12(10)16-21(19,20)9-4-1-3-8(7-9)13(17)18/h1-7,16H,(H,17,18). The van der Waals surface area contributed by atoms with Gasteiger partial charge in [-0.15, -0.1) is 0 Å². The quantitative estimate of drug-likeness (QED) is 0.888. The van der Waals surface area contributed by atoms with Gasteiger partial charge in [-0.05, 0) is 30.3 Å². The predicted octanol–water partition coefficient (Wildman–Crippen LogP) is 3.49. The first-order valence-corrected chi connectivity index (χ1v) is 7.85. The fourth-order valence-corrected chi connectivity index (χ4v) is 3.34. The Labute approximate surface area is 131 Å². The number of carboxylic acid groups (broad SMARTS) is 1. The van der Waals surface area contributed by atoms with Crippen LogP contribution >= 0.6 is 23.2 Å². The average Bonchev–Trinajstić information content (AvgIpc) is 2.43. The van der Waals surface area contributed by atoms with Crippen LogP contribution in [0.25, 0.3) is 0 Å². The van der Waals surface area contributed by atoms with Gasteiger partial charge in [0.05, 0.1) is 26.2 Å². The topological polar surface area (TPSA) is 83.5 Å². The smallest absolute Gasteiger partial charge is 0.335 e. The molecule has 0 fully saturated rings. The van der Waals surface area contributed by atoms with Crippen molar-refractivity contribution in [2.75, 3.05) is 4.72 Å². The number of hydrogen-bond donors (Lipinski definition) is 2. The second kappa shape index (κ2) is 5.93. The summed E-state index contributed by atoms with van der Waals surface area (Å²) in [7, 11) is -4.00. The molecule has 0 aliphatic rings. The van der Waals surface area contributed by atoms with Gasteiger partial charge in [-0.1, -0.05) is 35.3 Å². The zero-order valence-corrected chi connectivity index (χ0v) is 12.7. The Kier molecular flexibility index (Phi) is 4.41. The van der Waals surface area contributed by atoms with Gasteiger partial charge in [-0.25, -0.2) is 13.2 Å². The van der Waals surface area contributed by atoms with E-state index in [1.165, 1.54) is 30.3 Å². The normalized spacial score (nSPS) is 11.1. The number of carbonyl (C=O) groups is 1. The minimum atomic E-state index is -4.00. The van der Waals surface area contributed by atoms with Crippen molar-refractivity contribution in [1.82, 2.24) is 0 Å². The third-order valence-corrected chi connectivity index (χ3v) is 4.57. The molecular weight excluding hydrogens is 337 g/mol. The van der Waals surface area contributed by atoms with E-state index >= 15 is 0 Å². The number of anilines is 1. The summed E-state index contributed by atoms with van der Waals surface area (Å²) < 4.78 is 26.8. The van der Waals surface area contributed by atoms with Gasteiger partial charge in [0.15, 0.2) is 0 Å². The molecule has 2 aromatic carbocycles. The van der Waals surface area contributed by atoms with E-state index in [9.17, 15) is 13.2 Å². The Hall–Kier alpha value is -1.76. The summed E-state index contributed by atoms with van der Waals surface area (Å²) in [5.74, 6) is -1.22. The van der Waals surface area contributed by atoms with E-state index in [1.807, 2.05) is 0 Å². The van der Waals surface area contributed by atoms with E-state index in [0.717, 1.165) is 6.07 Å². The van der Waals surface area contributed by atoms with Crippen molar-refractivity contribution in [2.24, 2.45) is 0 Å². The molecule has 0 aromatic heterocycles. The Balaban J connectivity index is 2.44. The summed E-state index contributed by atoms with van der Waals surface area (Å²) >= 11 is 11.8. The number of rotatable bonds is 4. The molecule has 110 valence electrons. The van der Waals surface area contributed by atoms with Gasteiger partial charge < -0.3 is 5.11 Å². The van der Waals surface area contributed by atoms with E-state index in [4.69, 9.17) is 28.3 Å². The molecule has 0 saturated carbocycles. The SMILES string of the molecule is O=C(O)c1cccc(S(=O)(=O)Nc2c(Cl)cccc2Cl)c1. The molecule has 2 rings (SSSR count). The highest BCUT2D eigenvalue weighted by molar-refractivity contribution is 7.92. The van der Waals surface area contributed by atoms with Crippen LogP contribution in [0.5, 0.6) is 0 Å². The fraction of sp³-hybridized carbons (Fsp3) is 0. The van der Waals surface area contributed by atoms with Crippen LogP contribution in [0.15, 0.2) is 47.4 Å². The van der Waals surface area contributed by atoms with Gasteiger partial charge in [0.25, 0.3) is 10.0 Å². The number of aromatic carboxylic acids is 1. The molecule has 8 heteroatoms. The van der Waals surface area contributed by atoms with E-state index in [0.29, 0.717) is 0 Å². The van der Waals surface area contributed by atoms with Gasteiger partial charge in [-0.2, -0.15) is 0 Å². The summed E-state index contributed by atoms with van der Waals surface area (Å²) in [4.78, 5) is 10.7. The lowest BCUT2D eigenvalue weighted by atomic mass is 10.2. The highest BCUT2D eigenvalue weighted by Gasteiger charge is 2.19. The lowest BCUT2D eigenvalue weighted by Crippen LogP contribution is -2.14. The number of sulfonamides is 1. The molecule has 0 aliphatic carbocycles. The minimum Gasteiger partial charge on any atom is -0.478 e. The van der Waals surface area contributed by atoms with Gasteiger partial charge in [0.1, 0.15) is 0 Å². The van der Waals surface area contributed by atoms with Crippen molar-refractivity contribution in [3.05, 3.63) is 58.1 Å². The van der Waals surface area contributed by atoms with E-state index in [2.05, 4.69) is 4.72 Å². The number of nitrogens with one attached hydrogen (secondary N) is 1. The Morgan fingerprint density at radius 3 is 2.19 bits per heavy atom. The predicted molar refractivity (Wildman–Crippen MR) is 80.7 cm³/mol. The molecule has 0 amide bonds. The molecule has 0 unspecified atom stereocenters. The zero-order valence-electron chi connectivity index (χ0n) is 10.4. The Morgan fingerprint density at radius 1 is 1.05 bits per heavy atom. The van der Waals surface area contributed by atoms with E-state index in [-0.39, 0.29) is 26.2 Å². The highest BCUT2D eigenvalue weighted by atomic mass is 35.5. The molecule has 0 saturated heterocycles. The summed E-state index contributed by atoms with van der Waals surface area (Å²) in [6, 6.07) is 9.51. The van der Waals surface area contributed by atoms with Crippen LogP contribution in [0.2, 0.25) is 10.0 Å². The first-order chi connectivity index (χ1) is 9.81. The summed E-state index contributed by atoms with van der Waals surface area (Å²) in [6.45, 7) is 0. The van der Waals surface area contributed by atoms with Crippen molar-refractivity contribution in [1.29, 1.82) is 0 Å². The number of benzene rings is 2. The largest absolute Gasteiger partial charge is 0.478 e. The van der Waals surface area contributed by atoms with Gasteiger partial charge in [0.2, 0.25) is 0 Å². The van der Waals surface area contributed by atoms with Crippen molar-refractivity contribution in [3.8, 4) is 0 Å². The fourth-order valence-electron chi connectivity index (χ4n) is 1.58. The molecule has 2 aromatic rings. The van der Waals surface area contributed by atoms with Gasteiger partial charge in [-0.3, -0.25) is 4.72 Å². The maximum Gasteiger partial charge on any atom is 0.335 e. The Bertz CT molecular complexity index is 785. The molecule has 0 aliphatic heterocycles. The van der Waals surface area contributed by atoms with Crippen molar-refractivity contribution < 1.29 is 18.3 Å². The first-order valence-electron chi connectivity index (χ1n) is 5.61.